The van der Waals surface area contributed by atoms with Crippen molar-refractivity contribution in [1.29, 1.82) is 0 Å². The van der Waals surface area contributed by atoms with Gasteiger partial charge in [-0.15, -0.1) is 0 Å². The van der Waals surface area contributed by atoms with Crippen LogP contribution in [-0.4, -0.2) is 20.9 Å². The Hall–Kier alpha value is -3.39. The van der Waals surface area contributed by atoms with Crippen LogP contribution in [-0.2, 0) is 10.1 Å². The van der Waals surface area contributed by atoms with Gasteiger partial charge in [-0.2, -0.15) is 8.42 Å². The highest BCUT2D eigenvalue weighted by atomic mass is 32.2. The van der Waals surface area contributed by atoms with Gasteiger partial charge in [0.1, 0.15) is 10.7 Å². The Morgan fingerprint density at radius 3 is 2.34 bits per heavy atom. The normalized spacial score (nSPS) is 11.0. The molecule has 3 aromatic carbocycles. The number of halogens is 1. The van der Waals surface area contributed by atoms with E-state index in [1.807, 2.05) is 0 Å². The number of carbonyl (C=O) groups excluding carboxylic acids is 1. The zero-order chi connectivity index (χ0) is 20.9. The average Bonchev–Trinajstić information content (AvgIpc) is 2.71. The topological polar surface area (TPSA) is 81.7 Å². The molecule has 0 bridgehead atoms. The van der Waals surface area contributed by atoms with Crippen molar-refractivity contribution in [3.05, 3.63) is 84.2 Å². The van der Waals surface area contributed by atoms with Crippen LogP contribution in [0.5, 0.6) is 11.5 Å². The SMILES string of the molecule is CCOc1ccccc1OS(=O)(=O)c1cccc(C(=O)Nc2ccc(F)cc2)c1. The van der Waals surface area contributed by atoms with E-state index in [0.29, 0.717) is 18.0 Å². The molecular formula is C21H18FNO5S. The summed E-state index contributed by atoms with van der Waals surface area (Å²) < 4.78 is 48.9. The van der Waals surface area contributed by atoms with Gasteiger partial charge in [-0.25, -0.2) is 4.39 Å². The molecule has 0 radical (unpaired) electrons. The number of carbonyl (C=O) groups is 1. The zero-order valence-electron chi connectivity index (χ0n) is 15.5. The molecule has 0 atom stereocenters. The average molecular weight is 415 g/mol. The van der Waals surface area contributed by atoms with Crippen molar-refractivity contribution in [3.63, 3.8) is 0 Å². The number of ether oxygens (including phenoxy) is 1. The van der Waals surface area contributed by atoms with Crippen LogP contribution >= 0.6 is 0 Å². The second-order valence-corrected chi connectivity index (χ2v) is 7.45. The second kappa shape index (κ2) is 8.74. The molecule has 0 heterocycles. The van der Waals surface area contributed by atoms with E-state index < -0.39 is 21.8 Å². The Labute approximate surface area is 168 Å². The standard InChI is InChI=1S/C21H18FNO5S/c1-2-27-19-8-3-4-9-20(19)28-29(25,26)18-7-5-6-15(14-18)21(24)23-17-12-10-16(22)11-13-17/h3-14H,2H2,1H3,(H,23,24). The first-order valence-electron chi connectivity index (χ1n) is 8.72. The van der Waals surface area contributed by atoms with E-state index in [1.54, 1.807) is 25.1 Å². The van der Waals surface area contributed by atoms with Crippen LogP contribution in [0.3, 0.4) is 0 Å². The lowest BCUT2D eigenvalue weighted by Crippen LogP contribution is -2.15. The van der Waals surface area contributed by atoms with Gasteiger partial charge in [0.25, 0.3) is 5.91 Å². The van der Waals surface area contributed by atoms with E-state index in [1.165, 1.54) is 54.6 Å². The minimum absolute atomic E-state index is 0.0514. The Balaban J connectivity index is 1.82. The van der Waals surface area contributed by atoms with Crippen LogP contribution in [0, 0.1) is 5.82 Å². The van der Waals surface area contributed by atoms with Gasteiger partial charge in [-0.1, -0.05) is 18.2 Å². The molecule has 3 rings (SSSR count). The molecule has 0 spiro atoms. The molecule has 8 heteroatoms. The van der Waals surface area contributed by atoms with Crippen LogP contribution < -0.4 is 14.2 Å². The Bertz CT molecular complexity index is 1110. The maximum atomic E-state index is 13.0. The maximum absolute atomic E-state index is 13.0. The molecule has 0 unspecified atom stereocenters. The molecule has 3 aromatic rings. The summed E-state index contributed by atoms with van der Waals surface area (Å²) in [6, 6.07) is 17.1. The molecule has 0 saturated carbocycles. The quantitative estimate of drug-likeness (QED) is 0.584. The van der Waals surface area contributed by atoms with E-state index in [2.05, 4.69) is 5.32 Å². The van der Waals surface area contributed by atoms with Gasteiger partial charge in [-0.05, 0) is 61.5 Å². The summed E-state index contributed by atoms with van der Waals surface area (Å²) in [6.07, 6.45) is 0. The van der Waals surface area contributed by atoms with Gasteiger partial charge in [0.15, 0.2) is 11.5 Å². The second-order valence-electron chi connectivity index (χ2n) is 5.91. The number of para-hydroxylation sites is 2. The van der Waals surface area contributed by atoms with Gasteiger partial charge in [-0.3, -0.25) is 4.79 Å². The molecule has 0 aliphatic rings. The summed E-state index contributed by atoms with van der Waals surface area (Å²) in [5, 5.41) is 2.58. The molecule has 6 nitrogen and oxygen atoms in total. The van der Waals surface area contributed by atoms with Crippen molar-refractivity contribution in [1.82, 2.24) is 0 Å². The predicted molar refractivity (Wildman–Crippen MR) is 106 cm³/mol. The molecule has 0 fully saturated rings. The summed E-state index contributed by atoms with van der Waals surface area (Å²) in [6.45, 7) is 2.12. The number of benzene rings is 3. The van der Waals surface area contributed by atoms with Crippen LogP contribution in [0.15, 0.2) is 77.7 Å². The summed E-state index contributed by atoms with van der Waals surface area (Å²) in [5.74, 6) is -0.622. The van der Waals surface area contributed by atoms with Gasteiger partial charge >= 0.3 is 10.1 Å². The zero-order valence-corrected chi connectivity index (χ0v) is 16.3. The predicted octanol–water partition coefficient (Wildman–Crippen LogP) is 4.24. The van der Waals surface area contributed by atoms with E-state index in [-0.39, 0.29) is 16.2 Å². The van der Waals surface area contributed by atoms with Gasteiger partial charge in [0.05, 0.1) is 6.61 Å². The Morgan fingerprint density at radius 2 is 1.66 bits per heavy atom. The lowest BCUT2D eigenvalue weighted by molar-refractivity contribution is 0.102. The summed E-state index contributed by atoms with van der Waals surface area (Å²) in [4.78, 5) is 12.2. The molecule has 150 valence electrons. The molecule has 0 saturated heterocycles. The first kappa shape index (κ1) is 20.3. The highest BCUT2D eigenvalue weighted by molar-refractivity contribution is 7.87. The summed E-state index contributed by atoms with van der Waals surface area (Å²) in [7, 11) is -4.20. The largest absolute Gasteiger partial charge is 0.490 e. The minimum atomic E-state index is -4.20. The number of hydrogen-bond donors (Lipinski definition) is 1. The van der Waals surface area contributed by atoms with Crippen molar-refractivity contribution in [3.8, 4) is 11.5 Å². The molecular weight excluding hydrogens is 397 g/mol. The van der Waals surface area contributed by atoms with Crippen LogP contribution in [0.2, 0.25) is 0 Å². The number of nitrogens with one attached hydrogen (secondary N) is 1. The fourth-order valence-electron chi connectivity index (χ4n) is 2.49. The third kappa shape index (κ3) is 5.11. The Kier molecular flexibility index (Phi) is 6.13. The summed E-state index contributed by atoms with van der Waals surface area (Å²) in [5.41, 5.74) is 0.489. The molecule has 0 aliphatic carbocycles. The van der Waals surface area contributed by atoms with Gasteiger partial charge in [0, 0.05) is 11.3 Å². The lowest BCUT2D eigenvalue weighted by atomic mass is 10.2. The maximum Gasteiger partial charge on any atom is 0.339 e. The number of rotatable bonds is 7. The number of amides is 1. The third-order valence-corrected chi connectivity index (χ3v) is 5.07. The fourth-order valence-corrected chi connectivity index (χ4v) is 3.48. The van der Waals surface area contributed by atoms with E-state index >= 15 is 0 Å². The first-order valence-corrected chi connectivity index (χ1v) is 10.1. The Morgan fingerprint density at radius 1 is 0.966 bits per heavy atom. The molecule has 1 amide bonds. The van der Waals surface area contributed by atoms with Crippen molar-refractivity contribution in [2.24, 2.45) is 0 Å². The monoisotopic (exact) mass is 415 g/mol. The van der Waals surface area contributed by atoms with Crippen LogP contribution in [0.4, 0.5) is 10.1 Å². The molecule has 0 aliphatic heterocycles. The smallest absolute Gasteiger partial charge is 0.339 e. The molecule has 29 heavy (non-hydrogen) atoms. The van der Waals surface area contributed by atoms with Crippen LogP contribution in [0.1, 0.15) is 17.3 Å². The summed E-state index contributed by atoms with van der Waals surface area (Å²) >= 11 is 0. The number of hydrogen-bond acceptors (Lipinski definition) is 5. The van der Waals surface area contributed by atoms with Crippen molar-refractivity contribution >= 4 is 21.7 Å². The third-order valence-electron chi connectivity index (χ3n) is 3.84. The van der Waals surface area contributed by atoms with Crippen molar-refractivity contribution in [2.45, 2.75) is 11.8 Å². The fraction of sp³-hybridized carbons (Fsp3) is 0.0952. The lowest BCUT2D eigenvalue weighted by Gasteiger charge is -2.12. The molecule has 0 aromatic heterocycles. The van der Waals surface area contributed by atoms with E-state index in [9.17, 15) is 17.6 Å². The minimum Gasteiger partial charge on any atom is -0.490 e. The first-order chi connectivity index (χ1) is 13.9. The van der Waals surface area contributed by atoms with E-state index in [4.69, 9.17) is 8.92 Å². The van der Waals surface area contributed by atoms with Gasteiger partial charge in [0.2, 0.25) is 0 Å². The van der Waals surface area contributed by atoms with E-state index in [0.717, 1.165) is 0 Å². The van der Waals surface area contributed by atoms with Crippen molar-refractivity contribution in [2.75, 3.05) is 11.9 Å². The molecule has 1 N–H and O–H groups in total. The van der Waals surface area contributed by atoms with Crippen molar-refractivity contribution < 1.29 is 26.5 Å². The highest BCUT2D eigenvalue weighted by Crippen LogP contribution is 2.29. The number of anilines is 1. The van der Waals surface area contributed by atoms with Gasteiger partial charge < -0.3 is 14.2 Å². The highest BCUT2D eigenvalue weighted by Gasteiger charge is 2.20. The van der Waals surface area contributed by atoms with Crippen LogP contribution in [0.25, 0.3) is 0 Å².